The molecule has 0 aliphatic heterocycles. The first-order chi connectivity index (χ1) is 6.61. The van der Waals surface area contributed by atoms with Crippen molar-refractivity contribution in [3.63, 3.8) is 0 Å². The number of nitrogens with two attached hydrogens (primary N) is 1. The first-order valence-electron chi connectivity index (χ1n) is 4.04. The summed E-state index contributed by atoms with van der Waals surface area (Å²) in [6.45, 7) is 5.47. The first kappa shape index (κ1) is 8.68. The fourth-order valence-electron chi connectivity index (χ4n) is 1.33. The minimum absolute atomic E-state index is 0.146. The van der Waals surface area contributed by atoms with Crippen LogP contribution in [0.25, 0.3) is 16.7 Å². The summed E-state index contributed by atoms with van der Waals surface area (Å²) in [5.74, 6) is -0.284. The Morgan fingerprint density at radius 2 is 2.29 bits per heavy atom. The normalized spacial score (nSPS) is 10.7. The molecule has 0 aromatic carbocycles. The Hall–Kier alpha value is -1.91. The summed E-state index contributed by atoms with van der Waals surface area (Å²) >= 11 is 0. The molecule has 0 atom stereocenters. The van der Waals surface area contributed by atoms with E-state index >= 15 is 0 Å². The molecule has 5 heteroatoms. The third kappa shape index (κ3) is 1.06. The van der Waals surface area contributed by atoms with Crippen molar-refractivity contribution in [1.29, 1.82) is 0 Å². The topological polar surface area (TPSA) is 56.7 Å². The molecule has 0 aliphatic rings. The lowest BCUT2D eigenvalue weighted by Gasteiger charge is -2.01. The van der Waals surface area contributed by atoms with Gasteiger partial charge in [0.1, 0.15) is 12.1 Å². The second-order valence-electron chi connectivity index (χ2n) is 3.04. The lowest BCUT2D eigenvalue weighted by molar-refractivity contribution is 0.637. The standard InChI is InChI=1S/C9H9FN4/c1-5(2)14-3-6(10)7-8(11)12-4-13-9(7)14/h3-4H,1H2,2H3,(H2,11,12,13). The molecule has 2 heterocycles. The summed E-state index contributed by atoms with van der Waals surface area (Å²) < 4.78 is 15.0. The van der Waals surface area contributed by atoms with Gasteiger partial charge in [-0.15, -0.1) is 0 Å². The van der Waals surface area contributed by atoms with Crippen molar-refractivity contribution < 1.29 is 4.39 Å². The molecule has 2 aromatic rings. The molecular formula is C9H9FN4. The van der Waals surface area contributed by atoms with Gasteiger partial charge in [0.25, 0.3) is 0 Å². The lowest BCUT2D eigenvalue weighted by atomic mass is 10.4. The molecule has 72 valence electrons. The third-order valence-electron chi connectivity index (χ3n) is 1.98. The average Bonchev–Trinajstić information content (AvgIpc) is 2.45. The summed E-state index contributed by atoms with van der Waals surface area (Å²) in [5, 5.41) is 0.246. The molecule has 2 aromatic heterocycles. The van der Waals surface area contributed by atoms with E-state index in [9.17, 15) is 4.39 Å². The average molecular weight is 192 g/mol. The van der Waals surface area contributed by atoms with Gasteiger partial charge in [0.15, 0.2) is 11.5 Å². The Bertz CT molecular complexity index is 515. The van der Waals surface area contributed by atoms with Crippen LogP contribution in [0, 0.1) is 5.82 Å². The predicted octanol–water partition coefficient (Wildman–Crippen LogP) is 1.64. The van der Waals surface area contributed by atoms with Crippen molar-refractivity contribution in [3.8, 4) is 0 Å². The minimum atomic E-state index is -0.430. The van der Waals surface area contributed by atoms with Crippen LogP contribution >= 0.6 is 0 Å². The first-order valence-corrected chi connectivity index (χ1v) is 4.04. The quantitative estimate of drug-likeness (QED) is 0.747. The van der Waals surface area contributed by atoms with Crippen molar-refractivity contribution in [2.75, 3.05) is 5.73 Å². The lowest BCUT2D eigenvalue weighted by Crippen LogP contribution is -1.95. The van der Waals surface area contributed by atoms with Crippen LogP contribution in [0.3, 0.4) is 0 Å². The van der Waals surface area contributed by atoms with E-state index in [4.69, 9.17) is 5.73 Å². The van der Waals surface area contributed by atoms with Gasteiger partial charge in [-0.3, -0.25) is 0 Å². The second kappa shape index (κ2) is 2.80. The SMILES string of the molecule is C=C(C)n1cc(F)c2c(N)ncnc21. The molecule has 0 aliphatic carbocycles. The second-order valence-corrected chi connectivity index (χ2v) is 3.04. The Morgan fingerprint density at radius 1 is 1.57 bits per heavy atom. The summed E-state index contributed by atoms with van der Waals surface area (Å²) in [6.07, 6.45) is 2.61. The Morgan fingerprint density at radius 3 is 2.93 bits per heavy atom. The zero-order valence-electron chi connectivity index (χ0n) is 7.66. The molecule has 0 saturated heterocycles. The maximum Gasteiger partial charge on any atom is 0.154 e. The van der Waals surface area contributed by atoms with Gasteiger partial charge < -0.3 is 10.3 Å². The van der Waals surface area contributed by atoms with E-state index in [2.05, 4.69) is 16.5 Å². The number of hydrogen-bond donors (Lipinski definition) is 1. The van der Waals surface area contributed by atoms with Crippen LogP contribution < -0.4 is 5.73 Å². The van der Waals surface area contributed by atoms with E-state index in [1.54, 1.807) is 11.5 Å². The molecular weight excluding hydrogens is 183 g/mol. The Balaban J connectivity index is 2.91. The molecule has 0 unspecified atom stereocenters. The van der Waals surface area contributed by atoms with Crippen molar-refractivity contribution in [2.45, 2.75) is 6.92 Å². The Kier molecular flexibility index (Phi) is 1.73. The van der Waals surface area contributed by atoms with Gasteiger partial charge in [0, 0.05) is 11.9 Å². The number of rotatable bonds is 1. The highest BCUT2D eigenvalue weighted by atomic mass is 19.1. The monoisotopic (exact) mass is 192 g/mol. The third-order valence-corrected chi connectivity index (χ3v) is 1.98. The van der Waals surface area contributed by atoms with E-state index < -0.39 is 5.82 Å². The van der Waals surface area contributed by atoms with Gasteiger partial charge in [-0.25, -0.2) is 14.4 Å². The molecule has 4 nitrogen and oxygen atoms in total. The number of nitrogens with zero attached hydrogens (tertiary/aromatic N) is 3. The van der Waals surface area contributed by atoms with Crippen molar-refractivity contribution in [1.82, 2.24) is 14.5 Å². The van der Waals surface area contributed by atoms with Crippen LogP contribution in [-0.2, 0) is 0 Å². The number of halogens is 1. The van der Waals surface area contributed by atoms with Crippen LogP contribution in [0.1, 0.15) is 6.92 Å². The zero-order valence-corrected chi connectivity index (χ0v) is 7.66. The molecule has 2 N–H and O–H groups in total. The molecule has 2 rings (SSSR count). The zero-order chi connectivity index (χ0) is 10.3. The number of fused-ring (bicyclic) bond motifs is 1. The van der Waals surface area contributed by atoms with E-state index in [0.717, 1.165) is 0 Å². The minimum Gasteiger partial charge on any atom is -0.383 e. The van der Waals surface area contributed by atoms with Crippen LogP contribution in [0.2, 0.25) is 0 Å². The maximum atomic E-state index is 13.4. The number of allylic oxidation sites excluding steroid dienone is 1. The van der Waals surface area contributed by atoms with Crippen LogP contribution in [0.4, 0.5) is 10.2 Å². The van der Waals surface area contributed by atoms with Gasteiger partial charge in [0.2, 0.25) is 0 Å². The molecule has 14 heavy (non-hydrogen) atoms. The molecule has 0 bridgehead atoms. The van der Waals surface area contributed by atoms with Gasteiger partial charge in [-0.05, 0) is 6.92 Å². The van der Waals surface area contributed by atoms with Crippen LogP contribution in [0.15, 0.2) is 19.1 Å². The highest BCUT2D eigenvalue weighted by Gasteiger charge is 2.12. The molecule has 0 spiro atoms. The summed E-state index contributed by atoms with van der Waals surface area (Å²) in [4.78, 5) is 7.68. The van der Waals surface area contributed by atoms with Gasteiger partial charge >= 0.3 is 0 Å². The largest absolute Gasteiger partial charge is 0.383 e. The number of hydrogen-bond acceptors (Lipinski definition) is 3. The van der Waals surface area contributed by atoms with Crippen molar-refractivity contribution in [3.05, 3.63) is 24.9 Å². The molecule has 0 fully saturated rings. The molecule has 0 radical (unpaired) electrons. The van der Waals surface area contributed by atoms with E-state index in [1.165, 1.54) is 12.5 Å². The predicted molar refractivity (Wildman–Crippen MR) is 52.9 cm³/mol. The summed E-state index contributed by atoms with van der Waals surface area (Å²) in [6, 6.07) is 0. The summed E-state index contributed by atoms with van der Waals surface area (Å²) in [7, 11) is 0. The molecule has 0 saturated carbocycles. The van der Waals surface area contributed by atoms with Crippen molar-refractivity contribution >= 4 is 22.5 Å². The maximum absolute atomic E-state index is 13.4. The Labute approximate surface area is 79.9 Å². The van der Waals surface area contributed by atoms with Crippen LogP contribution in [0.5, 0.6) is 0 Å². The van der Waals surface area contributed by atoms with E-state index in [-0.39, 0.29) is 11.2 Å². The number of aromatic nitrogens is 3. The number of anilines is 1. The van der Waals surface area contributed by atoms with Crippen LogP contribution in [-0.4, -0.2) is 14.5 Å². The number of nitrogen functional groups attached to an aromatic ring is 1. The smallest absolute Gasteiger partial charge is 0.154 e. The van der Waals surface area contributed by atoms with E-state index in [0.29, 0.717) is 11.3 Å². The van der Waals surface area contributed by atoms with Gasteiger partial charge in [0.05, 0.1) is 5.39 Å². The highest BCUT2D eigenvalue weighted by molar-refractivity contribution is 5.88. The van der Waals surface area contributed by atoms with E-state index in [1.807, 2.05) is 0 Å². The fraction of sp³-hybridized carbons (Fsp3) is 0.111. The fourth-order valence-corrected chi connectivity index (χ4v) is 1.33. The molecule has 0 amide bonds. The van der Waals surface area contributed by atoms with Crippen molar-refractivity contribution in [2.24, 2.45) is 0 Å². The highest BCUT2D eigenvalue weighted by Crippen LogP contribution is 2.23. The van der Waals surface area contributed by atoms with Gasteiger partial charge in [-0.1, -0.05) is 6.58 Å². The summed E-state index contributed by atoms with van der Waals surface area (Å²) in [5.41, 5.74) is 6.66. The van der Waals surface area contributed by atoms with Gasteiger partial charge in [-0.2, -0.15) is 0 Å².